The van der Waals surface area contributed by atoms with E-state index in [1.165, 1.54) is 16.7 Å². The molecule has 2 aromatic carbocycles. The van der Waals surface area contributed by atoms with Gasteiger partial charge in [0.1, 0.15) is 17.2 Å². The number of aliphatic imine (C=N–C) groups is 1. The molecule has 9 heteroatoms. The van der Waals surface area contributed by atoms with Gasteiger partial charge in [0.05, 0.1) is 38.9 Å². The largest absolute Gasteiger partial charge is 0.497 e. The fourth-order valence-corrected chi connectivity index (χ4v) is 4.37. The number of morpholine rings is 1. The highest BCUT2D eigenvalue weighted by Gasteiger charge is 2.33. The van der Waals surface area contributed by atoms with E-state index in [0.29, 0.717) is 48.6 Å². The molecule has 0 aromatic heterocycles. The van der Waals surface area contributed by atoms with Crippen molar-refractivity contribution >= 4 is 40.5 Å². The molecule has 0 saturated carbocycles. The number of hydrogen-bond acceptors (Lipinski definition) is 7. The first kappa shape index (κ1) is 22.9. The lowest BCUT2D eigenvalue weighted by Gasteiger charge is -2.27. The lowest BCUT2D eigenvalue weighted by atomic mass is 10.2. The zero-order chi connectivity index (χ0) is 23.2. The molecule has 0 aliphatic carbocycles. The van der Waals surface area contributed by atoms with E-state index in [-0.39, 0.29) is 17.6 Å². The average Bonchev–Trinajstić information content (AvgIpc) is 3.18. The Morgan fingerprint density at radius 2 is 1.82 bits per heavy atom. The Bertz CT molecular complexity index is 1080. The van der Waals surface area contributed by atoms with Crippen LogP contribution in [0.25, 0.3) is 6.08 Å². The fourth-order valence-electron chi connectivity index (χ4n) is 3.46. The van der Waals surface area contributed by atoms with Crippen LogP contribution < -0.4 is 14.4 Å². The minimum atomic E-state index is -0.264. The summed E-state index contributed by atoms with van der Waals surface area (Å²) in [5.41, 5.74) is 1.75. The van der Waals surface area contributed by atoms with Crippen LogP contribution in [0.3, 0.4) is 0 Å². The predicted molar refractivity (Wildman–Crippen MR) is 129 cm³/mol. The third-order valence-corrected chi connectivity index (χ3v) is 6.17. The Balaban J connectivity index is 1.60. The van der Waals surface area contributed by atoms with E-state index in [4.69, 9.17) is 14.2 Å². The second-order valence-electron chi connectivity index (χ2n) is 7.32. The first-order valence-corrected chi connectivity index (χ1v) is 11.5. The molecule has 0 atom stereocenters. The summed E-state index contributed by atoms with van der Waals surface area (Å²) < 4.78 is 15.8. The summed E-state index contributed by atoms with van der Waals surface area (Å²) in [4.78, 5) is 33.9. The van der Waals surface area contributed by atoms with Crippen LogP contribution in [0.2, 0.25) is 0 Å². The third kappa shape index (κ3) is 5.37. The summed E-state index contributed by atoms with van der Waals surface area (Å²) in [5, 5.41) is 0.453. The van der Waals surface area contributed by atoms with Crippen molar-refractivity contribution in [3.05, 3.63) is 59.8 Å². The molecule has 1 fully saturated rings. The lowest BCUT2D eigenvalue weighted by Crippen LogP contribution is -2.42. The number of thioether (sulfide) groups is 1. The Morgan fingerprint density at radius 1 is 1.09 bits per heavy atom. The Labute approximate surface area is 196 Å². The standard InChI is InChI=1S/C24H25N3O5S/c1-30-19-8-6-17(7-9-19)14-21-23(29)27(18-4-3-5-20(15-18)31-2)24(25-21)33-16-22(28)26-10-12-32-13-11-26/h3-9,14-15H,10-13,16H2,1-2H3/b21-14+. The van der Waals surface area contributed by atoms with Crippen molar-refractivity contribution < 1.29 is 23.8 Å². The van der Waals surface area contributed by atoms with Crippen molar-refractivity contribution in [3.63, 3.8) is 0 Å². The lowest BCUT2D eigenvalue weighted by molar-refractivity contribution is -0.132. The molecule has 4 rings (SSSR count). The minimum absolute atomic E-state index is 0.00312. The van der Waals surface area contributed by atoms with E-state index in [1.54, 1.807) is 31.3 Å². The molecule has 2 aliphatic heterocycles. The van der Waals surface area contributed by atoms with Crippen molar-refractivity contribution in [2.75, 3.05) is 51.2 Å². The van der Waals surface area contributed by atoms with Gasteiger partial charge in [0.25, 0.3) is 5.91 Å². The number of carbonyl (C=O) groups excluding carboxylic acids is 2. The van der Waals surface area contributed by atoms with Crippen molar-refractivity contribution in [1.29, 1.82) is 0 Å². The number of anilines is 1. The molecule has 0 unspecified atom stereocenters. The maximum absolute atomic E-state index is 13.3. The van der Waals surface area contributed by atoms with Gasteiger partial charge in [-0.2, -0.15) is 0 Å². The molecule has 2 amide bonds. The van der Waals surface area contributed by atoms with Gasteiger partial charge in [-0.25, -0.2) is 4.99 Å². The van der Waals surface area contributed by atoms with E-state index in [1.807, 2.05) is 42.5 Å². The van der Waals surface area contributed by atoms with Gasteiger partial charge < -0.3 is 19.1 Å². The third-order valence-electron chi connectivity index (χ3n) is 5.25. The van der Waals surface area contributed by atoms with Crippen LogP contribution in [0.15, 0.2) is 59.2 Å². The number of ether oxygens (including phenoxy) is 3. The molecule has 1 saturated heterocycles. The van der Waals surface area contributed by atoms with Crippen LogP contribution in [0.4, 0.5) is 5.69 Å². The van der Waals surface area contributed by atoms with Crippen LogP contribution in [0.1, 0.15) is 5.56 Å². The normalized spacial score (nSPS) is 17.3. The van der Waals surface area contributed by atoms with E-state index >= 15 is 0 Å². The number of nitrogens with zero attached hydrogens (tertiary/aromatic N) is 3. The van der Waals surface area contributed by atoms with Crippen molar-refractivity contribution in [2.24, 2.45) is 4.99 Å². The van der Waals surface area contributed by atoms with Crippen LogP contribution in [-0.2, 0) is 14.3 Å². The Hall–Kier alpha value is -3.30. The number of amides is 2. The van der Waals surface area contributed by atoms with Crippen LogP contribution in [0, 0.1) is 0 Å². The SMILES string of the molecule is COc1ccc(/C=C2/N=C(SCC(=O)N3CCOCC3)N(c3cccc(OC)c3)C2=O)cc1. The topological polar surface area (TPSA) is 80.7 Å². The van der Waals surface area contributed by atoms with Crippen LogP contribution >= 0.6 is 11.8 Å². The fraction of sp³-hybridized carbons (Fsp3) is 0.292. The minimum Gasteiger partial charge on any atom is -0.497 e. The molecular weight excluding hydrogens is 442 g/mol. The monoisotopic (exact) mass is 467 g/mol. The van der Waals surface area contributed by atoms with E-state index in [2.05, 4.69) is 4.99 Å². The van der Waals surface area contributed by atoms with E-state index in [0.717, 1.165) is 11.3 Å². The highest BCUT2D eigenvalue weighted by Crippen LogP contribution is 2.31. The molecule has 0 spiro atoms. The molecule has 2 aliphatic rings. The van der Waals surface area contributed by atoms with Gasteiger partial charge in [0, 0.05) is 19.2 Å². The molecule has 2 aromatic rings. The summed E-state index contributed by atoms with van der Waals surface area (Å²) in [6.45, 7) is 2.24. The number of methoxy groups -OCH3 is 2. The van der Waals surface area contributed by atoms with Gasteiger partial charge in [-0.3, -0.25) is 14.5 Å². The number of amidine groups is 1. The molecule has 0 N–H and O–H groups in total. The highest BCUT2D eigenvalue weighted by molar-refractivity contribution is 8.14. The molecule has 0 radical (unpaired) electrons. The molecule has 172 valence electrons. The van der Waals surface area contributed by atoms with Gasteiger partial charge in [-0.05, 0) is 35.9 Å². The van der Waals surface area contributed by atoms with Gasteiger partial charge in [0.2, 0.25) is 5.91 Å². The summed E-state index contributed by atoms with van der Waals surface area (Å²) in [6.07, 6.45) is 1.73. The van der Waals surface area contributed by atoms with Crippen molar-refractivity contribution in [1.82, 2.24) is 4.90 Å². The summed E-state index contributed by atoms with van der Waals surface area (Å²) in [6, 6.07) is 14.6. The molecule has 0 bridgehead atoms. The molecule has 2 heterocycles. The number of benzene rings is 2. The molecule has 8 nitrogen and oxygen atoms in total. The highest BCUT2D eigenvalue weighted by atomic mass is 32.2. The van der Waals surface area contributed by atoms with Gasteiger partial charge >= 0.3 is 0 Å². The molecule has 33 heavy (non-hydrogen) atoms. The van der Waals surface area contributed by atoms with E-state index in [9.17, 15) is 9.59 Å². The predicted octanol–water partition coefficient (Wildman–Crippen LogP) is 3.04. The second-order valence-corrected chi connectivity index (χ2v) is 8.26. The zero-order valence-corrected chi connectivity index (χ0v) is 19.3. The van der Waals surface area contributed by atoms with Gasteiger partial charge in [-0.1, -0.05) is 30.0 Å². The zero-order valence-electron chi connectivity index (χ0n) is 18.5. The molecular formula is C24H25N3O5S. The van der Waals surface area contributed by atoms with Gasteiger partial charge in [-0.15, -0.1) is 0 Å². The van der Waals surface area contributed by atoms with E-state index < -0.39 is 0 Å². The Kier molecular flexibility index (Phi) is 7.31. The smallest absolute Gasteiger partial charge is 0.283 e. The van der Waals surface area contributed by atoms with Gasteiger partial charge in [0.15, 0.2) is 5.17 Å². The first-order valence-electron chi connectivity index (χ1n) is 10.5. The number of rotatable bonds is 6. The summed E-state index contributed by atoms with van der Waals surface area (Å²) in [7, 11) is 3.18. The number of hydrogen-bond donors (Lipinski definition) is 0. The second kappa shape index (κ2) is 10.5. The van der Waals surface area contributed by atoms with Crippen molar-refractivity contribution in [3.8, 4) is 11.5 Å². The number of carbonyl (C=O) groups is 2. The van der Waals surface area contributed by atoms with Crippen LogP contribution in [0.5, 0.6) is 11.5 Å². The summed E-state index contributed by atoms with van der Waals surface area (Å²) in [5.74, 6) is 1.27. The van der Waals surface area contributed by atoms with Crippen molar-refractivity contribution in [2.45, 2.75) is 0 Å². The first-order chi connectivity index (χ1) is 16.1. The maximum atomic E-state index is 13.3. The van der Waals surface area contributed by atoms with Crippen LogP contribution in [-0.4, -0.2) is 68.2 Å². The maximum Gasteiger partial charge on any atom is 0.283 e. The average molecular weight is 468 g/mol. The quantitative estimate of drug-likeness (QED) is 0.608. The Morgan fingerprint density at radius 3 is 2.52 bits per heavy atom. The summed E-state index contributed by atoms with van der Waals surface area (Å²) >= 11 is 1.25.